The summed E-state index contributed by atoms with van der Waals surface area (Å²) < 4.78 is 1.80. The number of carbonyl (C=O) groups excluding carboxylic acids is 1. The first-order valence-corrected chi connectivity index (χ1v) is 5.14. The monoisotopic (exact) mass is 224 g/mol. The molecule has 0 aliphatic heterocycles. The van der Waals surface area contributed by atoms with E-state index in [1.165, 1.54) is 0 Å². The fourth-order valence-corrected chi connectivity index (χ4v) is 1.49. The van der Waals surface area contributed by atoms with Crippen LogP contribution in [0.2, 0.25) is 5.02 Å². The minimum atomic E-state index is -0.140. The Morgan fingerprint density at radius 3 is 3.07 bits per heavy atom. The van der Waals surface area contributed by atoms with Gasteiger partial charge in [-0.2, -0.15) is 0 Å². The van der Waals surface area contributed by atoms with Crippen molar-refractivity contribution in [2.75, 3.05) is 6.54 Å². The molecular weight excluding hydrogens is 212 g/mol. The zero-order chi connectivity index (χ0) is 11.3. The first-order valence-electron chi connectivity index (χ1n) is 4.76. The maximum absolute atomic E-state index is 11.7. The number of amides is 1. The molecule has 4 heteroatoms. The number of aromatic nitrogens is 1. The Kier molecular flexibility index (Phi) is 4.26. The van der Waals surface area contributed by atoms with E-state index in [0.29, 0.717) is 30.2 Å². The number of hydrogen-bond acceptors (Lipinski definition) is 1. The van der Waals surface area contributed by atoms with Crippen LogP contribution in [0.1, 0.15) is 23.8 Å². The Labute approximate surface area is 94.4 Å². The van der Waals surface area contributed by atoms with Gasteiger partial charge < -0.3 is 9.88 Å². The van der Waals surface area contributed by atoms with Gasteiger partial charge in [-0.05, 0) is 13.0 Å². The topological polar surface area (TPSA) is 34.0 Å². The van der Waals surface area contributed by atoms with E-state index in [1.54, 1.807) is 16.8 Å². The van der Waals surface area contributed by atoms with E-state index in [9.17, 15) is 4.79 Å². The average Bonchev–Trinajstić information content (AvgIpc) is 2.60. The molecular formula is C11H13ClN2O. The number of nitrogens with zero attached hydrogens (tertiary/aromatic N) is 1. The first-order chi connectivity index (χ1) is 7.19. The summed E-state index contributed by atoms with van der Waals surface area (Å²) >= 11 is 5.82. The van der Waals surface area contributed by atoms with Crippen LogP contribution in [0.3, 0.4) is 0 Å². The molecule has 3 nitrogen and oxygen atoms in total. The van der Waals surface area contributed by atoms with Crippen LogP contribution in [0.15, 0.2) is 12.3 Å². The SMILES string of the molecule is C#CCCNC(=O)c1cc(Cl)cn1CC. The highest BCUT2D eigenvalue weighted by atomic mass is 35.5. The lowest BCUT2D eigenvalue weighted by Gasteiger charge is -2.05. The van der Waals surface area contributed by atoms with Gasteiger partial charge in [0.2, 0.25) is 0 Å². The average molecular weight is 225 g/mol. The number of hydrogen-bond donors (Lipinski definition) is 1. The summed E-state index contributed by atoms with van der Waals surface area (Å²) in [6.07, 6.45) is 7.35. The van der Waals surface area contributed by atoms with Crippen molar-refractivity contribution >= 4 is 17.5 Å². The molecule has 1 aromatic heterocycles. The number of carbonyl (C=O) groups is 1. The largest absolute Gasteiger partial charge is 0.350 e. The summed E-state index contributed by atoms with van der Waals surface area (Å²) in [5, 5.41) is 3.30. The van der Waals surface area contributed by atoms with Gasteiger partial charge in [0, 0.05) is 25.7 Å². The summed E-state index contributed by atoms with van der Waals surface area (Å²) in [5.41, 5.74) is 0.569. The Morgan fingerprint density at radius 2 is 2.47 bits per heavy atom. The lowest BCUT2D eigenvalue weighted by molar-refractivity contribution is 0.0945. The second kappa shape index (κ2) is 5.47. The summed E-state index contributed by atoms with van der Waals surface area (Å²) in [4.78, 5) is 11.7. The molecule has 0 spiro atoms. The maximum atomic E-state index is 11.7. The van der Waals surface area contributed by atoms with Crippen LogP contribution in [-0.2, 0) is 6.54 Å². The predicted molar refractivity (Wildman–Crippen MR) is 60.9 cm³/mol. The molecule has 0 unspecified atom stereocenters. The molecule has 1 rings (SSSR count). The minimum Gasteiger partial charge on any atom is -0.350 e. The minimum absolute atomic E-state index is 0.140. The number of terminal acetylenes is 1. The van der Waals surface area contributed by atoms with Crippen LogP contribution in [0.4, 0.5) is 0 Å². The van der Waals surface area contributed by atoms with E-state index in [4.69, 9.17) is 18.0 Å². The molecule has 0 saturated heterocycles. The quantitative estimate of drug-likeness (QED) is 0.615. The molecule has 1 amide bonds. The van der Waals surface area contributed by atoms with E-state index in [1.807, 2.05) is 6.92 Å². The third-order valence-corrected chi connectivity index (χ3v) is 2.20. The van der Waals surface area contributed by atoms with Crippen molar-refractivity contribution in [1.82, 2.24) is 9.88 Å². The molecule has 0 bridgehead atoms. The second-order valence-electron chi connectivity index (χ2n) is 3.04. The standard InChI is InChI=1S/C11H13ClN2O/c1-3-5-6-13-11(15)10-7-9(12)8-14(10)4-2/h1,7-8H,4-6H2,2H3,(H,13,15). The summed E-state index contributed by atoms with van der Waals surface area (Å²) in [6.45, 7) is 3.15. The van der Waals surface area contributed by atoms with Crippen LogP contribution in [0.25, 0.3) is 0 Å². The fourth-order valence-electron chi connectivity index (χ4n) is 1.27. The highest BCUT2D eigenvalue weighted by Crippen LogP contribution is 2.13. The van der Waals surface area contributed by atoms with E-state index in [-0.39, 0.29) is 5.91 Å². The Balaban J connectivity index is 2.69. The van der Waals surface area contributed by atoms with Gasteiger partial charge >= 0.3 is 0 Å². The molecule has 0 radical (unpaired) electrons. The van der Waals surface area contributed by atoms with Crippen molar-refractivity contribution in [3.05, 3.63) is 23.0 Å². The number of nitrogens with one attached hydrogen (secondary N) is 1. The van der Waals surface area contributed by atoms with Crippen LogP contribution in [0.5, 0.6) is 0 Å². The lowest BCUT2D eigenvalue weighted by atomic mass is 10.3. The van der Waals surface area contributed by atoms with Crippen molar-refractivity contribution in [1.29, 1.82) is 0 Å². The van der Waals surface area contributed by atoms with Crippen LogP contribution in [0, 0.1) is 12.3 Å². The fraction of sp³-hybridized carbons (Fsp3) is 0.364. The molecule has 0 atom stereocenters. The van der Waals surface area contributed by atoms with Crippen molar-refractivity contribution < 1.29 is 4.79 Å². The van der Waals surface area contributed by atoms with Gasteiger partial charge in [0.1, 0.15) is 5.69 Å². The smallest absolute Gasteiger partial charge is 0.267 e. The Hall–Kier alpha value is -1.40. The van der Waals surface area contributed by atoms with Crippen molar-refractivity contribution in [3.8, 4) is 12.3 Å². The Bertz CT molecular complexity index is 390. The second-order valence-corrected chi connectivity index (χ2v) is 3.48. The van der Waals surface area contributed by atoms with E-state index in [0.717, 1.165) is 0 Å². The summed E-state index contributed by atoms with van der Waals surface area (Å²) in [5.74, 6) is 2.32. The van der Waals surface area contributed by atoms with Gasteiger partial charge in [-0.3, -0.25) is 4.79 Å². The third kappa shape index (κ3) is 3.03. The van der Waals surface area contributed by atoms with Gasteiger partial charge in [0.05, 0.1) is 5.02 Å². The molecule has 0 aliphatic carbocycles. The zero-order valence-corrected chi connectivity index (χ0v) is 9.34. The maximum Gasteiger partial charge on any atom is 0.267 e. The molecule has 1 N–H and O–H groups in total. The van der Waals surface area contributed by atoms with Crippen molar-refractivity contribution in [2.24, 2.45) is 0 Å². The van der Waals surface area contributed by atoms with Crippen LogP contribution >= 0.6 is 11.6 Å². The normalized spacial score (nSPS) is 9.67. The molecule has 15 heavy (non-hydrogen) atoms. The van der Waals surface area contributed by atoms with Crippen LogP contribution in [-0.4, -0.2) is 17.0 Å². The van der Waals surface area contributed by atoms with Gasteiger partial charge in [0.25, 0.3) is 5.91 Å². The molecule has 80 valence electrons. The van der Waals surface area contributed by atoms with E-state index >= 15 is 0 Å². The molecule has 0 saturated carbocycles. The van der Waals surface area contributed by atoms with Crippen LogP contribution < -0.4 is 5.32 Å². The Morgan fingerprint density at radius 1 is 1.73 bits per heavy atom. The summed E-state index contributed by atoms with van der Waals surface area (Å²) in [6, 6.07) is 1.65. The molecule has 0 aromatic carbocycles. The molecule has 1 aromatic rings. The number of halogens is 1. The first kappa shape index (κ1) is 11.7. The van der Waals surface area contributed by atoms with Gasteiger partial charge in [-0.1, -0.05) is 11.6 Å². The van der Waals surface area contributed by atoms with Crippen molar-refractivity contribution in [3.63, 3.8) is 0 Å². The molecule has 0 fully saturated rings. The van der Waals surface area contributed by atoms with Gasteiger partial charge in [-0.15, -0.1) is 12.3 Å². The van der Waals surface area contributed by atoms with Gasteiger partial charge in [-0.25, -0.2) is 0 Å². The summed E-state index contributed by atoms with van der Waals surface area (Å²) in [7, 11) is 0. The predicted octanol–water partition coefficient (Wildman–Crippen LogP) is 1.91. The highest BCUT2D eigenvalue weighted by Gasteiger charge is 2.11. The molecule has 0 aliphatic rings. The van der Waals surface area contributed by atoms with Crippen molar-refractivity contribution in [2.45, 2.75) is 19.9 Å². The highest BCUT2D eigenvalue weighted by molar-refractivity contribution is 6.31. The lowest BCUT2D eigenvalue weighted by Crippen LogP contribution is -2.26. The molecule has 1 heterocycles. The number of rotatable bonds is 4. The van der Waals surface area contributed by atoms with E-state index < -0.39 is 0 Å². The van der Waals surface area contributed by atoms with E-state index in [2.05, 4.69) is 11.2 Å². The number of aryl methyl sites for hydroxylation is 1. The van der Waals surface area contributed by atoms with Gasteiger partial charge in [0.15, 0.2) is 0 Å². The third-order valence-electron chi connectivity index (χ3n) is 1.99. The zero-order valence-electron chi connectivity index (χ0n) is 8.59.